The summed E-state index contributed by atoms with van der Waals surface area (Å²) in [5.41, 5.74) is 3.74. The summed E-state index contributed by atoms with van der Waals surface area (Å²) in [6.45, 7) is 8.87. The van der Waals surface area contributed by atoms with Gasteiger partial charge < -0.3 is 14.5 Å². The number of amides is 2. The highest BCUT2D eigenvalue weighted by molar-refractivity contribution is 6.20. The zero-order chi connectivity index (χ0) is 29.7. The van der Waals surface area contributed by atoms with E-state index in [0.717, 1.165) is 43.7 Å². The molecule has 8 heteroatoms. The lowest BCUT2D eigenvalue weighted by Gasteiger charge is -2.27. The van der Waals surface area contributed by atoms with Crippen LogP contribution in [0, 0.1) is 5.41 Å². The molecule has 218 valence electrons. The van der Waals surface area contributed by atoms with Crippen LogP contribution in [0.15, 0.2) is 79.3 Å². The van der Waals surface area contributed by atoms with Gasteiger partial charge in [-0.05, 0) is 75.1 Å². The summed E-state index contributed by atoms with van der Waals surface area (Å²) in [7, 11) is 1.72. The van der Waals surface area contributed by atoms with Gasteiger partial charge in [0.25, 0.3) is 0 Å². The molecule has 0 spiro atoms. The predicted octanol–water partition coefficient (Wildman–Crippen LogP) is 5.50. The Bertz CT molecular complexity index is 1550. The minimum atomic E-state index is -1.13. The molecule has 2 amide bonds. The highest BCUT2D eigenvalue weighted by atomic mass is 16.5. The first-order chi connectivity index (χ1) is 20.3. The summed E-state index contributed by atoms with van der Waals surface area (Å²) in [6.07, 6.45) is 7.30. The van der Waals surface area contributed by atoms with Crippen molar-refractivity contribution in [1.29, 1.82) is 0 Å². The van der Waals surface area contributed by atoms with E-state index in [1.807, 2.05) is 49.6 Å². The summed E-state index contributed by atoms with van der Waals surface area (Å²) in [6, 6.07) is 20.1. The number of anilines is 2. The molecule has 0 saturated heterocycles. The maximum Gasteiger partial charge on any atom is 0.242 e. The second-order valence-electron chi connectivity index (χ2n) is 11.3. The molecule has 3 heterocycles. The van der Waals surface area contributed by atoms with Crippen molar-refractivity contribution in [3.05, 3.63) is 90.4 Å². The van der Waals surface area contributed by atoms with E-state index in [1.54, 1.807) is 36.9 Å². The normalized spacial score (nSPS) is 14.8. The molecule has 2 aromatic heterocycles. The number of carbonyl (C=O) groups is 2. The lowest BCUT2D eigenvalue weighted by molar-refractivity contribution is -0.137. The number of hydrogen-bond donors (Lipinski definition) is 0. The van der Waals surface area contributed by atoms with Crippen LogP contribution in [0.4, 0.5) is 11.4 Å². The van der Waals surface area contributed by atoms with Gasteiger partial charge in [-0.1, -0.05) is 24.3 Å². The Morgan fingerprint density at radius 1 is 0.929 bits per heavy atom. The van der Waals surface area contributed by atoms with Gasteiger partial charge in [-0.15, -0.1) is 0 Å². The third-order valence-corrected chi connectivity index (χ3v) is 7.99. The smallest absolute Gasteiger partial charge is 0.242 e. The van der Waals surface area contributed by atoms with Crippen LogP contribution >= 0.6 is 0 Å². The molecule has 0 aliphatic carbocycles. The molecular weight excluding hydrogens is 526 g/mol. The predicted molar refractivity (Wildman–Crippen MR) is 167 cm³/mol. The number of carbonyl (C=O) groups excluding carboxylic acids is 2. The summed E-state index contributed by atoms with van der Waals surface area (Å²) < 4.78 is 6.19. The van der Waals surface area contributed by atoms with Gasteiger partial charge in [-0.3, -0.25) is 24.5 Å². The fraction of sp³-hybridized carbons (Fsp3) is 0.353. The minimum absolute atomic E-state index is 0.192. The first-order valence-electron chi connectivity index (χ1n) is 14.6. The molecule has 0 saturated carbocycles. The Morgan fingerprint density at radius 2 is 1.76 bits per heavy atom. The first kappa shape index (κ1) is 29.2. The van der Waals surface area contributed by atoms with Crippen LogP contribution in [-0.2, 0) is 22.6 Å². The average Bonchev–Trinajstić information content (AvgIpc) is 3.06. The van der Waals surface area contributed by atoms with E-state index in [0.29, 0.717) is 24.6 Å². The third kappa shape index (κ3) is 6.14. The maximum atomic E-state index is 13.2. The SMILES string of the molecule is CCN1C(=O)C(C)(C)C(=O)N(C)c2cc(OCCCN(CCc3cccnc3)Cc3cccc4ncccc34)ccc21. The molecule has 1 aliphatic rings. The molecule has 1 aliphatic heterocycles. The summed E-state index contributed by atoms with van der Waals surface area (Å²) in [4.78, 5) is 40.8. The Morgan fingerprint density at radius 3 is 2.55 bits per heavy atom. The maximum absolute atomic E-state index is 13.2. The number of rotatable bonds is 11. The number of fused-ring (bicyclic) bond motifs is 2. The van der Waals surface area contributed by atoms with E-state index in [9.17, 15) is 9.59 Å². The minimum Gasteiger partial charge on any atom is -0.493 e. The molecule has 0 unspecified atom stereocenters. The van der Waals surface area contributed by atoms with Gasteiger partial charge in [0.1, 0.15) is 11.2 Å². The van der Waals surface area contributed by atoms with Gasteiger partial charge in [0, 0.05) is 63.3 Å². The molecule has 0 fully saturated rings. The van der Waals surface area contributed by atoms with Gasteiger partial charge in [-0.25, -0.2) is 0 Å². The quantitative estimate of drug-likeness (QED) is 0.177. The zero-order valence-corrected chi connectivity index (χ0v) is 24.9. The van der Waals surface area contributed by atoms with Crippen molar-refractivity contribution in [1.82, 2.24) is 14.9 Å². The summed E-state index contributed by atoms with van der Waals surface area (Å²) >= 11 is 0. The number of aromatic nitrogens is 2. The van der Waals surface area contributed by atoms with Crippen LogP contribution in [0.5, 0.6) is 5.75 Å². The molecule has 0 radical (unpaired) electrons. The number of nitrogens with zero attached hydrogens (tertiary/aromatic N) is 5. The molecule has 0 N–H and O–H groups in total. The molecule has 5 rings (SSSR count). The van der Waals surface area contributed by atoms with Crippen molar-refractivity contribution in [2.45, 2.75) is 40.2 Å². The van der Waals surface area contributed by atoms with Gasteiger partial charge >= 0.3 is 0 Å². The highest BCUT2D eigenvalue weighted by Crippen LogP contribution is 2.40. The monoisotopic (exact) mass is 565 g/mol. The van der Waals surface area contributed by atoms with Crippen LogP contribution in [0.3, 0.4) is 0 Å². The summed E-state index contributed by atoms with van der Waals surface area (Å²) in [5, 5.41) is 1.18. The van der Waals surface area contributed by atoms with Crippen LogP contribution in [0.2, 0.25) is 0 Å². The second-order valence-corrected chi connectivity index (χ2v) is 11.3. The third-order valence-electron chi connectivity index (χ3n) is 7.99. The lowest BCUT2D eigenvalue weighted by atomic mass is 9.90. The number of ether oxygens (including phenoxy) is 1. The molecule has 2 aromatic carbocycles. The van der Waals surface area contributed by atoms with E-state index in [1.165, 1.54) is 16.5 Å². The Balaban J connectivity index is 1.27. The Labute approximate surface area is 247 Å². The fourth-order valence-corrected chi connectivity index (χ4v) is 5.60. The average molecular weight is 566 g/mol. The second kappa shape index (κ2) is 12.7. The first-order valence-corrected chi connectivity index (χ1v) is 14.6. The van der Waals surface area contributed by atoms with Gasteiger partial charge in [0.2, 0.25) is 11.8 Å². The van der Waals surface area contributed by atoms with Gasteiger partial charge in [-0.2, -0.15) is 0 Å². The van der Waals surface area contributed by atoms with Crippen molar-refractivity contribution in [2.75, 3.05) is 43.1 Å². The Hall–Kier alpha value is -4.30. The zero-order valence-electron chi connectivity index (χ0n) is 24.9. The van der Waals surface area contributed by atoms with Crippen molar-refractivity contribution < 1.29 is 14.3 Å². The van der Waals surface area contributed by atoms with Crippen molar-refractivity contribution >= 4 is 34.1 Å². The molecule has 42 heavy (non-hydrogen) atoms. The van der Waals surface area contributed by atoms with Crippen molar-refractivity contribution in [2.24, 2.45) is 5.41 Å². The van der Waals surface area contributed by atoms with E-state index in [4.69, 9.17) is 4.74 Å². The van der Waals surface area contributed by atoms with Gasteiger partial charge in [0.15, 0.2) is 0 Å². The molecular formula is C34H39N5O3. The van der Waals surface area contributed by atoms with E-state index >= 15 is 0 Å². The largest absolute Gasteiger partial charge is 0.493 e. The van der Waals surface area contributed by atoms with Crippen molar-refractivity contribution in [3.63, 3.8) is 0 Å². The fourth-order valence-electron chi connectivity index (χ4n) is 5.60. The van der Waals surface area contributed by atoms with Gasteiger partial charge in [0.05, 0.1) is 23.5 Å². The standard InChI is InChI=1S/C34H39N5O3/c1-5-39-30-15-14-27(22-31(30)37(4)32(40)34(2,3)33(39)41)42-21-9-19-38(20-16-25-10-7-17-35-23-25)24-26-11-6-13-29-28(26)12-8-18-36-29/h6-8,10-15,17-18,22-23H,5,9,16,19-21,24H2,1-4H3. The van der Waals surface area contributed by atoms with E-state index in [2.05, 4.69) is 45.2 Å². The van der Waals surface area contributed by atoms with E-state index < -0.39 is 5.41 Å². The molecule has 4 aromatic rings. The molecule has 0 bridgehead atoms. The molecule has 8 nitrogen and oxygen atoms in total. The Kier molecular flexibility index (Phi) is 8.83. The van der Waals surface area contributed by atoms with E-state index in [-0.39, 0.29) is 11.8 Å². The van der Waals surface area contributed by atoms with Crippen LogP contribution in [-0.4, -0.2) is 60.0 Å². The topological polar surface area (TPSA) is 78.9 Å². The number of benzene rings is 2. The van der Waals surface area contributed by atoms with Crippen LogP contribution in [0.1, 0.15) is 38.3 Å². The number of pyridine rings is 2. The molecule has 0 atom stereocenters. The number of hydrogen-bond acceptors (Lipinski definition) is 6. The van der Waals surface area contributed by atoms with Crippen LogP contribution < -0.4 is 14.5 Å². The summed E-state index contributed by atoms with van der Waals surface area (Å²) in [5.74, 6) is 0.260. The lowest BCUT2D eigenvalue weighted by Crippen LogP contribution is -2.47. The van der Waals surface area contributed by atoms with Crippen molar-refractivity contribution in [3.8, 4) is 5.75 Å². The van der Waals surface area contributed by atoms with Crippen LogP contribution in [0.25, 0.3) is 10.9 Å². The highest BCUT2D eigenvalue weighted by Gasteiger charge is 2.45.